The third-order valence-electron chi connectivity index (χ3n) is 7.12. The van der Waals surface area contributed by atoms with Gasteiger partial charge in [-0.3, -0.25) is 14.4 Å². The fraction of sp³-hybridized carbons (Fsp3) is 0.679. The Bertz CT molecular complexity index is 834. The third-order valence-corrected chi connectivity index (χ3v) is 7.12. The van der Waals surface area contributed by atoms with E-state index >= 15 is 0 Å². The molecular weight excluding hydrogens is 440 g/mol. The lowest BCUT2D eigenvalue weighted by molar-refractivity contribution is -0.150. The topological polar surface area (TPSA) is 81.8 Å². The summed E-state index contributed by atoms with van der Waals surface area (Å²) in [4.78, 5) is 43.1. The van der Waals surface area contributed by atoms with Gasteiger partial charge in [0.25, 0.3) is 0 Å². The second-order valence-corrected chi connectivity index (χ2v) is 11.0. The number of likely N-dealkylation sites (tertiary alicyclic amines) is 1. The monoisotopic (exact) mass is 484 g/mol. The molecule has 0 aliphatic carbocycles. The zero-order valence-electron chi connectivity index (χ0n) is 22.0. The van der Waals surface area contributed by atoms with E-state index in [4.69, 9.17) is 0 Å². The zero-order valence-corrected chi connectivity index (χ0v) is 22.0. The van der Waals surface area contributed by atoms with Crippen molar-refractivity contribution in [2.45, 2.75) is 78.4 Å². The van der Waals surface area contributed by atoms with Crippen LogP contribution in [0.15, 0.2) is 30.3 Å². The van der Waals surface area contributed by atoms with Crippen LogP contribution < -0.4 is 10.6 Å². The van der Waals surface area contributed by atoms with E-state index < -0.39 is 6.04 Å². The van der Waals surface area contributed by atoms with Gasteiger partial charge in [0.15, 0.2) is 0 Å². The van der Waals surface area contributed by atoms with Crippen LogP contribution in [0.2, 0.25) is 0 Å². The molecule has 2 aliphatic heterocycles. The van der Waals surface area contributed by atoms with E-state index in [2.05, 4.69) is 38.3 Å². The van der Waals surface area contributed by atoms with Crippen molar-refractivity contribution in [1.82, 2.24) is 20.4 Å². The maximum Gasteiger partial charge on any atom is 0.245 e. The summed E-state index contributed by atoms with van der Waals surface area (Å²) in [5.41, 5.74) is 1.09. The van der Waals surface area contributed by atoms with E-state index in [-0.39, 0.29) is 29.7 Å². The molecule has 3 amide bonds. The maximum atomic E-state index is 13.6. The van der Waals surface area contributed by atoms with Crippen molar-refractivity contribution in [1.29, 1.82) is 0 Å². The van der Waals surface area contributed by atoms with Gasteiger partial charge in [0.2, 0.25) is 17.7 Å². The summed E-state index contributed by atoms with van der Waals surface area (Å²) in [5.74, 6) is 1.23. The van der Waals surface area contributed by atoms with Crippen molar-refractivity contribution in [3.8, 4) is 0 Å². The van der Waals surface area contributed by atoms with Crippen LogP contribution in [-0.2, 0) is 20.9 Å². The fourth-order valence-electron chi connectivity index (χ4n) is 5.23. The van der Waals surface area contributed by atoms with Crippen molar-refractivity contribution in [3.05, 3.63) is 35.9 Å². The highest BCUT2D eigenvalue weighted by Crippen LogP contribution is 2.25. The molecule has 0 spiro atoms. The predicted molar refractivity (Wildman–Crippen MR) is 138 cm³/mol. The number of hydrogen-bond acceptors (Lipinski definition) is 4. The van der Waals surface area contributed by atoms with Crippen molar-refractivity contribution in [2.24, 2.45) is 17.8 Å². The summed E-state index contributed by atoms with van der Waals surface area (Å²) in [7, 11) is 0. The predicted octanol–water partition coefficient (Wildman–Crippen LogP) is 3.19. The number of nitrogens with one attached hydrogen (secondary N) is 2. The molecule has 194 valence electrons. The Morgan fingerprint density at radius 3 is 2.34 bits per heavy atom. The average Bonchev–Trinajstić information content (AvgIpc) is 2.83. The van der Waals surface area contributed by atoms with Crippen molar-refractivity contribution in [2.75, 3.05) is 26.2 Å². The molecule has 0 radical (unpaired) electrons. The van der Waals surface area contributed by atoms with Gasteiger partial charge < -0.3 is 20.4 Å². The average molecular weight is 485 g/mol. The van der Waals surface area contributed by atoms with Gasteiger partial charge in [0.1, 0.15) is 6.04 Å². The molecule has 0 bridgehead atoms. The molecule has 2 saturated heterocycles. The smallest absolute Gasteiger partial charge is 0.245 e. The summed E-state index contributed by atoms with van der Waals surface area (Å²) in [6.45, 7) is 11.6. The Morgan fingerprint density at radius 2 is 1.71 bits per heavy atom. The number of benzene rings is 1. The fourth-order valence-corrected chi connectivity index (χ4v) is 5.23. The molecule has 2 aliphatic rings. The highest BCUT2D eigenvalue weighted by atomic mass is 16.2. The zero-order chi connectivity index (χ0) is 25.4. The summed E-state index contributed by atoms with van der Waals surface area (Å²) in [6, 6.07) is 9.32. The molecule has 1 aromatic rings. The molecule has 1 unspecified atom stereocenters. The largest absolute Gasteiger partial charge is 0.352 e. The van der Waals surface area contributed by atoms with E-state index in [1.807, 2.05) is 40.1 Å². The molecular formula is C28H44N4O3. The van der Waals surface area contributed by atoms with Gasteiger partial charge in [-0.15, -0.1) is 0 Å². The van der Waals surface area contributed by atoms with E-state index in [1.54, 1.807) is 0 Å². The Labute approximate surface area is 211 Å². The lowest BCUT2D eigenvalue weighted by Crippen LogP contribution is -2.62. The van der Waals surface area contributed by atoms with Crippen LogP contribution >= 0.6 is 0 Å². The minimum Gasteiger partial charge on any atom is -0.352 e. The standard InChI is InChI=1S/C28H44N4O3/c1-20(2)16-24-27(34)32(15-12-29-24)25(17-21(3)4)28(35)31-13-10-22(11-14-31)18-26(33)30-19-23-8-6-5-7-9-23/h5-9,20-22,24-25,29H,10-19H2,1-4H3,(H,30,33)/t24-,25?/m0/s1. The Balaban J connectivity index is 1.53. The van der Waals surface area contributed by atoms with E-state index in [9.17, 15) is 14.4 Å². The SMILES string of the molecule is CC(C)CC(C(=O)N1CCC(CC(=O)NCc2ccccc2)CC1)N1CCN[C@@H](CC(C)C)C1=O. The van der Waals surface area contributed by atoms with Gasteiger partial charge in [-0.2, -0.15) is 0 Å². The second kappa shape index (κ2) is 13.1. The Kier molecular flexibility index (Phi) is 10.1. The third kappa shape index (κ3) is 8.06. The summed E-state index contributed by atoms with van der Waals surface area (Å²) in [5, 5.41) is 6.36. The van der Waals surface area contributed by atoms with Crippen LogP contribution in [0.4, 0.5) is 0 Å². The van der Waals surface area contributed by atoms with Crippen LogP contribution in [0, 0.1) is 17.8 Å². The van der Waals surface area contributed by atoms with Gasteiger partial charge in [0, 0.05) is 39.1 Å². The van der Waals surface area contributed by atoms with Crippen LogP contribution in [0.3, 0.4) is 0 Å². The van der Waals surface area contributed by atoms with Crippen molar-refractivity contribution in [3.63, 3.8) is 0 Å². The van der Waals surface area contributed by atoms with Gasteiger partial charge in [-0.05, 0) is 49.0 Å². The van der Waals surface area contributed by atoms with Gasteiger partial charge in [-0.1, -0.05) is 58.0 Å². The lowest BCUT2D eigenvalue weighted by atomic mass is 9.91. The molecule has 3 rings (SSSR count). The van der Waals surface area contributed by atoms with Crippen molar-refractivity contribution >= 4 is 17.7 Å². The highest BCUT2D eigenvalue weighted by Gasteiger charge is 2.39. The Morgan fingerprint density at radius 1 is 1.03 bits per heavy atom. The quantitative estimate of drug-likeness (QED) is 0.534. The first-order chi connectivity index (χ1) is 16.7. The highest BCUT2D eigenvalue weighted by molar-refractivity contribution is 5.90. The molecule has 7 nitrogen and oxygen atoms in total. The number of carbonyl (C=O) groups is 3. The molecule has 1 aromatic carbocycles. The summed E-state index contributed by atoms with van der Waals surface area (Å²) in [6.07, 6.45) is 3.61. The first-order valence-corrected chi connectivity index (χ1v) is 13.4. The first kappa shape index (κ1) is 27.2. The van der Waals surface area contributed by atoms with Gasteiger partial charge in [0.05, 0.1) is 6.04 Å². The minimum absolute atomic E-state index is 0.0638. The normalized spacial score (nSPS) is 20.4. The lowest BCUT2D eigenvalue weighted by Gasteiger charge is -2.42. The molecule has 7 heteroatoms. The number of rotatable bonds is 10. The summed E-state index contributed by atoms with van der Waals surface area (Å²) < 4.78 is 0. The van der Waals surface area contributed by atoms with E-state index in [0.717, 1.165) is 31.4 Å². The van der Waals surface area contributed by atoms with Crippen molar-refractivity contribution < 1.29 is 14.4 Å². The Hall–Kier alpha value is -2.41. The first-order valence-electron chi connectivity index (χ1n) is 13.4. The molecule has 35 heavy (non-hydrogen) atoms. The number of piperidine rings is 1. The second-order valence-electron chi connectivity index (χ2n) is 11.0. The van der Waals surface area contributed by atoms with Crippen LogP contribution in [0.5, 0.6) is 0 Å². The molecule has 2 atom stereocenters. The van der Waals surface area contributed by atoms with Gasteiger partial charge in [-0.25, -0.2) is 0 Å². The maximum absolute atomic E-state index is 13.6. The molecule has 2 fully saturated rings. The van der Waals surface area contributed by atoms with Crippen LogP contribution in [-0.4, -0.2) is 65.8 Å². The molecule has 0 saturated carbocycles. The number of amides is 3. The van der Waals surface area contributed by atoms with Crippen LogP contribution in [0.1, 0.15) is 65.4 Å². The summed E-state index contributed by atoms with van der Waals surface area (Å²) >= 11 is 0. The van der Waals surface area contributed by atoms with E-state index in [1.165, 1.54) is 0 Å². The molecule has 0 aromatic heterocycles. The number of hydrogen-bond donors (Lipinski definition) is 2. The minimum atomic E-state index is -0.398. The number of piperazine rings is 1. The number of nitrogens with zero attached hydrogens (tertiary/aromatic N) is 2. The van der Waals surface area contributed by atoms with Gasteiger partial charge >= 0.3 is 0 Å². The number of carbonyl (C=O) groups excluding carboxylic acids is 3. The van der Waals surface area contributed by atoms with E-state index in [0.29, 0.717) is 50.9 Å². The molecule has 2 N–H and O–H groups in total. The molecule has 2 heterocycles. The van der Waals surface area contributed by atoms with Crippen LogP contribution in [0.25, 0.3) is 0 Å².